The Bertz CT molecular complexity index is 987. The summed E-state index contributed by atoms with van der Waals surface area (Å²) in [5, 5.41) is 0.147. The number of nitrogens with zero attached hydrogens (tertiary/aromatic N) is 1. The van der Waals surface area contributed by atoms with Gasteiger partial charge in [-0.3, -0.25) is 9.71 Å². The molecule has 136 valence electrons. The first kappa shape index (κ1) is 18.3. The third kappa shape index (κ3) is 3.56. The van der Waals surface area contributed by atoms with Crippen LogP contribution in [0.5, 0.6) is 0 Å². The van der Waals surface area contributed by atoms with E-state index in [4.69, 9.17) is 16.3 Å². The van der Waals surface area contributed by atoms with Crippen LogP contribution in [0.4, 0.5) is 4.39 Å². The fourth-order valence-electron chi connectivity index (χ4n) is 2.41. The number of halogens is 2. The number of aliphatic imine (C=N–C) groups is 1. The quantitative estimate of drug-likeness (QED) is 0.805. The van der Waals surface area contributed by atoms with Crippen LogP contribution < -0.4 is 4.72 Å². The van der Waals surface area contributed by atoms with Crippen molar-refractivity contribution in [2.24, 2.45) is 4.99 Å². The molecule has 1 heterocycles. The number of sulfonamides is 1. The van der Waals surface area contributed by atoms with Crippen LogP contribution >= 0.6 is 11.6 Å². The van der Waals surface area contributed by atoms with E-state index in [1.807, 2.05) is 0 Å². The van der Waals surface area contributed by atoms with Crippen LogP contribution in [-0.4, -0.2) is 26.3 Å². The second-order valence-electron chi connectivity index (χ2n) is 5.56. The second kappa shape index (κ2) is 7.05. The summed E-state index contributed by atoms with van der Waals surface area (Å²) in [4.78, 5) is 16.3. The molecule has 0 fully saturated rings. The van der Waals surface area contributed by atoms with E-state index < -0.39 is 27.9 Å². The molecule has 9 heteroatoms. The van der Waals surface area contributed by atoms with E-state index in [2.05, 4.69) is 9.71 Å². The molecule has 0 radical (unpaired) electrons. The Hall–Kier alpha value is -2.45. The lowest BCUT2D eigenvalue weighted by atomic mass is 10.2. The predicted molar refractivity (Wildman–Crippen MR) is 94.0 cm³/mol. The topological polar surface area (TPSA) is 84.8 Å². The van der Waals surface area contributed by atoms with Crippen molar-refractivity contribution in [2.75, 3.05) is 0 Å². The molecule has 3 rings (SSSR count). The fourth-order valence-corrected chi connectivity index (χ4v) is 3.87. The van der Waals surface area contributed by atoms with Gasteiger partial charge >= 0.3 is 5.97 Å². The molecule has 2 aromatic rings. The number of esters is 1. The van der Waals surface area contributed by atoms with Gasteiger partial charge < -0.3 is 4.74 Å². The number of hydrogen-bond acceptors (Lipinski definition) is 5. The Morgan fingerprint density at radius 1 is 1.27 bits per heavy atom. The first-order valence-electron chi connectivity index (χ1n) is 7.59. The number of benzene rings is 2. The Labute approximate surface area is 154 Å². The minimum Gasteiger partial charge on any atom is -0.459 e. The van der Waals surface area contributed by atoms with E-state index in [1.54, 1.807) is 18.2 Å². The van der Waals surface area contributed by atoms with Crippen LogP contribution in [0.15, 0.2) is 52.4 Å². The molecule has 6 nitrogen and oxygen atoms in total. The van der Waals surface area contributed by atoms with Gasteiger partial charge in [0.15, 0.2) is 0 Å². The van der Waals surface area contributed by atoms with Crippen LogP contribution in [0, 0.1) is 5.82 Å². The molecule has 0 bridgehead atoms. The summed E-state index contributed by atoms with van der Waals surface area (Å²) >= 11 is 5.88. The van der Waals surface area contributed by atoms with Gasteiger partial charge in [-0.1, -0.05) is 29.8 Å². The van der Waals surface area contributed by atoms with Gasteiger partial charge in [0.05, 0.1) is 9.92 Å². The molecule has 1 aliphatic rings. The van der Waals surface area contributed by atoms with Gasteiger partial charge in [-0.15, -0.1) is 0 Å². The van der Waals surface area contributed by atoms with E-state index in [1.165, 1.54) is 31.2 Å². The molecule has 2 aromatic carbocycles. The summed E-state index contributed by atoms with van der Waals surface area (Å²) in [6.45, 7) is 1.11. The molecule has 1 atom stereocenters. The SMILES string of the molecule is C[C@H](N=C1NS(=O)(=O)c2ccccc21)C(=O)OCc1c(F)cccc1Cl. The molecule has 0 aliphatic carbocycles. The third-order valence-corrected chi connectivity index (χ3v) is 5.50. The summed E-state index contributed by atoms with van der Waals surface area (Å²) in [5.41, 5.74) is 0.443. The lowest BCUT2D eigenvalue weighted by Gasteiger charge is -2.10. The van der Waals surface area contributed by atoms with E-state index in [0.717, 1.165) is 0 Å². The zero-order valence-electron chi connectivity index (χ0n) is 13.6. The number of hydrogen-bond donors (Lipinski definition) is 1. The van der Waals surface area contributed by atoms with Gasteiger partial charge in [0, 0.05) is 11.1 Å². The maximum atomic E-state index is 13.7. The highest BCUT2D eigenvalue weighted by Crippen LogP contribution is 2.23. The van der Waals surface area contributed by atoms with Gasteiger partial charge in [0.1, 0.15) is 24.3 Å². The molecule has 0 saturated heterocycles. The molecule has 26 heavy (non-hydrogen) atoms. The zero-order chi connectivity index (χ0) is 18.9. The van der Waals surface area contributed by atoms with Crippen molar-refractivity contribution in [3.05, 3.63) is 64.4 Å². The maximum Gasteiger partial charge on any atom is 0.330 e. The number of ether oxygens (including phenoxy) is 1. The van der Waals surface area contributed by atoms with Crippen molar-refractivity contribution in [1.82, 2.24) is 4.72 Å². The minimum atomic E-state index is -3.69. The number of fused-ring (bicyclic) bond motifs is 1. The summed E-state index contributed by atoms with van der Waals surface area (Å²) < 4.78 is 45.1. The molecule has 0 spiro atoms. The maximum absolute atomic E-state index is 13.7. The monoisotopic (exact) mass is 396 g/mol. The second-order valence-corrected chi connectivity index (χ2v) is 7.62. The highest BCUT2D eigenvalue weighted by molar-refractivity contribution is 7.90. The highest BCUT2D eigenvalue weighted by atomic mass is 35.5. The number of amidine groups is 1. The van der Waals surface area contributed by atoms with Crippen LogP contribution in [0.3, 0.4) is 0 Å². The van der Waals surface area contributed by atoms with E-state index >= 15 is 0 Å². The normalized spacial score (nSPS) is 17.4. The molecular formula is C17H14ClFN2O4S. The van der Waals surface area contributed by atoms with E-state index in [9.17, 15) is 17.6 Å². The van der Waals surface area contributed by atoms with E-state index in [-0.39, 0.29) is 27.9 Å². The molecule has 1 N–H and O–H groups in total. The fraction of sp³-hybridized carbons (Fsp3) is 0.176. The van der Waals surface area contributed by atoms with Crippen molar-refractivity contribution >= 4 is 33.4 Å². The Morgan fingerprint density at radius 3 is 2.73 bits per heavy atom. The first-order valence-corrected chi connectivity index (χ1v) is 9.45. The third-order valence-electron chi connectivity index (χ3n) is 3.75. The van der Waals surface area contributed by atoms with Crippen molar-refractivity contribution in [2.45, 2.75) is 24.5 Å². The first-order chi connectivity index (χ1) is 12.3. The van der Waals surface area contributed by atoms with Crippen molar-refractivity contribution < 1.29 is 22.3 Å². The standard InChI is InChI=1S/C17H14ClFN2O4S/c1-10(17(22)25-9-12-13(18)6-4-7-14(12)19)20-16-11-5-2-3-8-15(11)26(23,24)21-16/h2-8,10H,9H2,1H3,(H,20,21)/t10-/m0/s1. The Kier molecular flexibility index (Phi) is 4.97. The average molecular weight is 397 g/mol. The average Bonchev–Trinajstić information content (AvgIpc) is 2.85. The lowest BCUT2D eigenvalue weighted by molar-refractivity contribution is -0.146. The summed E-state index contributed by atoms with van der Waals surface area (Å²) in [6, 6.07) is 9.44. The van der Waals surface area contributed by atoms with Gasteiger partial charge in [0.25, 0.3) is 10.0 Å². The number of carbonyl (C=O) groups is 1. The molecule has 1 aliphatic heterocycles. The van der Waals surface area contributed by atoms with Crippen LogP contribution in [0.2, 0.25) is 5.02 Å². The van der Waals surface area contributed by atoms with Gasteiger partial charge in [-0.05, 0) is 31.2 Å². The Morgan fingerprint density at radius 2 is 2.00 bits per heavy atom. The van der Waals surface area contributed by atoms with E-state index in [0.29, 0.717) is 5.56 Å². The molecule has 0 saturated carbocycles. The molecule has 0 unspecified atom stereocenters. The minimum absolute atomic E-state index is 0.0639. The summed E-state index contributed by atoms with van der Waals surface area (Å²) in [7, 11) is -3.69. The lowest BCUT2D eigenvalue weighted by Crippen LogP contribution is -2.26. The zero-order valence-corrected chi connectivity index (χ0v) is 15.1. The van der Waals surface area contributed by atoms with Gasteiger partial charge in [-0.2, -0.15) is 0 Å². The van der Waals surface area contributed by atoms with Crippen molar-refractivity contribution in [3.63, 3.8) is 0 Å². The summed E-state index contributed by atoms with van der Waals surface area (Å²) in [6.07, 6.45) is 0. The number of rotatable bonds is 4. The largest absolute Gasteiger partial charge is 0.459 e. The Balaban J connectivity index is 1.75. The summed E-state index contributed by atoms with van der Waals surface area (Å²) in [5.74, 6) is -1.25. The smallest absolute Gasteiger partial charge is 0.330 e. The highest BCUT2D eigenvalue weighted by Gasteiger charge is 2.31. The van der Waals surface area contributed by atoms with Gasteiger partial charge in [-0.25, -0.2) is 17.6 Å². The van der Waals surface area contributed by atoms with Gasteiger partial charge in [0.2, 0.25) is 0 Å². The predicted octanol–water partition coefficient (Wildman–Crippen LogP) is 2.65. The molecule has 0 aromatic heterocycles. The number of carbonyl (C=O) groups excluding carboxylic acids is 1. The van der Waals surface area contributed by atoms with Crippen LogP contribution in [-0.2, 0) is 26.2 Å². The molecular weight excluding hydrogens is 383 g/mol. The van der Waals surface area contributed by atoms with Crippen LogP contribution in [0.1, 0.15) is 18.1 Å². The van der Waals surface area contributed by atoms with Crippen LogP contribution in [0.25, 0.3) is 0 Å². The van der Waals surface area contributed by atoms with Crippen molar-refractivity contribution in [1.29, 1.82) is 0 Å². The number of nitrogens with one attached hydrogen (secondary N) is 1. The van der Waals surface area contributed by atoms with Crippen molar-refractivity contribution in [3.8, 4) is 0 Å². The molecule has 0 amide bonds.